The summed E-state index contributed by atoms with van der Waals surface area (Å²) in [6.07, 6.45) is 1.05. The van der Waals surface area contributed by atoms with Gasteiger partial charge in [-0.1, -0.05) is 18.2 Å². The second-order valence-corrected chi connectivity index (χ2v) is 6.42. The summed E-state index contributed by atoms with van der Waals surface area (Å²) in [5.74, 6) is 0.0673. The van der Waals surface area contributed by atoms with Crippen LogP contribution in [0.5, 0.6) is 5.75 Å². The van der Waals surface area contributed by atoms with Crippen molar-refractivity contribution in [3.8, 4) is 5.75 Å². The van der Waals surface area contributed by atoms with E-state index in [1.807, 2.05) is 18.2 Å². The largest absolute Gasteiger partial charge is 0.479 e. The molecule has 0 aliphatic carbocycles. The summed E-state index contributed by atoms with van der Waals surface area (Å²) in [4.78, 5) is 41.1. The number of hydrogen-bond acceptors (Lipinski definition) is 6. The number of carbonyl (C=O) groups excluding carboxylic acids is 1. The molecule has 0 unspecified atom stereocenters. The number of aromatic nitrogens is 4. The highest BCUT2D eigenvalue weighted by molar-refractivity contribution is 5.74. The number of para-hydroxylation sites is 1. The van der Waals surface area contributed by atoms with Crippen LogP contribution in [0.2, 0.25) is 0 Å². The standard InChI is InChI=1S/C19H22N4O5/c1-13(28-14-8-5-4-6-9-14)18(25)27-11-7-10-23-17(24)15-16(20-12-21(15)2)22(3)19(23)26/h4-6,8-9,12-13H,7,10-11H2,1-3H3/t13-/m1/s1. The van der Waals surface area contributed by atoms with E-state index in [2.05, 4.69) is 4.98 Å². The van der Waals surface area contributed by atoms with Crippen LogP contribution in [0.1, 0.15) is 13.3 Å². The van der Waals surface area contributed by atoms with E-state index in [9.17, 15) is 14.4 Å². The topological polar surface area (TPSA) is 97.3 Å². The van der Waals surface area contributed by atoms with Crippen molar-refractivity contribution in [1.82, 2.24) is 18.7 Å². The molecule has 0 bridgehead atoms. The minimum Gasteiger partial charge on any atom is -0.479 e. The van der Waals surface area contributed by atoms with Gasteiger partial charge >= 0.3 is 11.7 Å². The third kappa shape index (κ3) is 3.83. The zero-order chi connectivity index (χ0) is 20.3. The van der Waals surface area contributed by atoms with Crippen LogP contribution < -0.4 is 16.0 Å². The molecule has 1 aromatic carbocycles. The summed E-state index contributed by atoms with van der Waals surface area (Å²) in [7, 11) is 3.26. The first-order valence-corrected chi connectivity index (χ1v) is 8.89. The lowest BCUT2D eigenvalue weighted by Crippen LogP contribution is -2.40. The fourth-order valence-electron chi connectivity index (χ4n) is 2.86. The van der Waals surface area contributed by atoms with Gasteiger partial charge in [0, 0.05) is 20.6 Å². The Bertz CT molecular complexity index is 1100. The Morgan fingerprint density at radius 3 is 2.61 bits per heavy atom. The predicted octanol–water partition coefficient (Wildman–Crippen LogP) is 0.835. The van der Waals surface area contributed by atoms with Crippen molar-refractivity contribution in [2.24, 2.45) is 14.1 Å². The number of aryl methyl sites for hydroxylation is 2. The summed E-state index contributed by atoms with van der Waals surface area (Å²) < 4.78 is 14.7. The Kier molecular flexibility index (Phi) is 5.62. The van der Waals surface area contributed by atoms with Crippen molar-refractivity contribution >= 4 is 17.1 Å². The first-order chi connectivity index (χ1) is 13.4. The maximum absolute atomic E-state index is 12.6. The highest BCUT2D eigenvalue weighted by Gasteiger charge is 2.17. The maximum Gasteiger partial charge on any atom is 0.347 e. The van der Waals surface area contributed by atoms with E-state index >= 15 is 0 Å². The quantitative estimate of drug-likeness (QED) is 0.441. The molecule has 2 heterocycles. The second kappa shape index (κ2) is 8.12. The maximum atomic E-state index is 12.6. The third-order valence-electron chi connectivity index (χ3n) is 4.36. The number of nitrogens with zero attached hydrogens (tertiary/aromatic N) is 4. The smallest absolute Gasteiger partial charge is 0.347 e. The first kappa shape index (κ1) is 19.4. The van der Waals surface area contributed by atoms with Gasteiger partial charge < -0.3 is 14.0 Å². The molecule has 0 aliphatic rings. The molecule has 0 saturated carbocycles. The van der Waals surface area contributed by atoms with Gasteiger partial charge in [-0.3, -0.25) is 13.9 Å². The third-order valence-corrected chi connectivity index (χ3v) is 4.36. The number of rotatable bonds is 7. The average molecular weight is 386 g/mol. The summed E-state index contributed by atoms with van der Waals surface area (Å²) in [5, 5.41) is 0. The minimum atomic E-state index is -0.760. The first-order valence-electron chi connectivity index (χ1n) is 8.89. The fourth-order valence-corrected chi connectivity index (χ4v) is 2.86. The van der Waals surface area contributed by atoms with Gasteiger partial charge in [0.2, 0.25) is 0 Å². The molecule has 9 nitrogen and oxygen atoms in total. The lowest BCUT2D eigenvalue weighted by Gasteiger charge is -2.14. The predicted molar refractivity (Wildman–Crippen MR) is 102 cm³/mol. The fraction of sp³-hybridized carbons (Fsp3) is 0.368. The molecule has 1 atom stereocenters. The van der Waals surface area contributed by atoms with Gasteiger partial charge in [0.05, 0.1) is 12.9 Å². The number of fused-ring (bicyclic) bond motifs is 1. The van der Waals surface area contributed by atoms with Crippen molar-refractivity contribution in [1.29, 1.82) is 0 Å². The Hall–Kier alpha value is -3.36. The van der Waals surface area contributed by atoms with Gasteiger partial charge in [-0.15, -0.1) is 0 Å². The molecule has 0 radical (unpaired) electrons. The Balaban J connectivity index is 1.60. The van der Waals surface area contributed by atoms with Gasteiger partial charge in [0.1, 0.15) is 5.75 Å². The summed E-state index contributed by atoms with van der Waals surface area (Å²) in [6.45, 7) is 1.81. The van der Waals surface area contributed by atoms with Crippen LogP contribution in [-0.2, 0) is 30.2 Å². The zero-order valence-corrected chi connectivity index (χ0v) is 16.0. The Morgan fingerprint density at radius 2 is 1.89 bits per heavy atom. The van der Waals surface area contributed by atoms with Crippen molar-refractivity contribution in [3.63, 3.8) is 0 Å². The number of imidazole rings is 1. The van der Waals surface area contributed by atoms with Crippen LogP contribution in [0.25, 0.3) is 11.2 Å². The molecule has 0 fully saturated rings. The molecule has 0 spiro atoms. The van der Waals surface area contributed by atoms with Gasteiger partial charge in [-0.05, 0) is 25.5 Å². The normalized spacial score (nSPS) is 12.1. The number of hydrogen-bond donors (Lipinski definition) is 0. The van der Waals surface area contributed by atoms with Crippen LogP contribution in [0.4, 0.5) is 0 Å². The van der Waals surface area contributed by atoms with Crippen molar-refractivity contribution in [2.45, 2.75) is 26.0 Å². The summed E-state index contributed by atoms with van der Waals surface area (Å²) in [6, 6.07) is 8.97. The van der Waals surface area contributed by atoms with E-state index in [0.29, 0.717) is 23.3 Å². The lowest BCUT2D eigenvalue weighted by molar-refractivity contribution is -0.151. The molecule has 148 valence electrons. The van der Waals surface area contributed by atoms with Gasteiger partial charge in [-0.25, -0.2) is 14.6 Å². The van der Waals surface area contributed by atoms with E-state index in [1.54, 1.807) is 37.7 Å². The minimum absolute atomic E-state index is 0.0698. The molecule has 2 aromatic heterocycles. The molecular weight excluding hydrogens is 364 g/mol. The van der Waals surface area contributed by atoms with Crippen LogP contribution in [0.15, 0.2) is 46.2 Å². The van der Waals surface area contributed by atoms with Gasteiger partial charge in [-0.2, -0.15) is 0 Å². The summed E-state index contributed by atoms with van der Waals surface area (Å²) >= 11 is 0. The van der Waals surface area contributed by atoms with E-state index in [0.717, 1.165) is 4.57 Å². The monoisotopic (exact) mass is 386 g/mol. The van der Waals surface area contributed by atoms with E-state index in [1.165, 1.54) is 10.9 Å². The van der Waals surface area contributed by atoms with Crippen molar-refractivity contribution < 1.29 is 14.3 Å². The van der Waals surface area contributed by atoms with Gasteiger partial charge in [0.15, 0.2) is 17.3 Å². The molecule has 3 aromatic rings. The van der Waals surface area contributed by atoms with Gasteiger partial charge in [0.25, 0.3) is 5.56 Å². The number of carbonyl (C=O) groups is 1. The average Bonchev–Trinajstić information content (AvgIpc) is 3.08. The number of ether oxygens (including phenoxy) is 2. The molecule has 0 N–H and O–H groups in total. The zero-order valence-electron chi connectivity index (χ0n) is 16.0. The SMILES string of the molecule is C[C@@H](Oc1ccccc1)C(=O)OCCCn1c(=O)c2c(ncn2C)n(C)c1=O. The molecule has 0 amide bonds. The molecule has 28 heavy (non-hydrogen) atoms. The van der Waals surface area contributed by atoms with Crippen LogP contribution in [-0.4, -0.2) is 37.4 Å². The molecule has 3 rings (SSSR count). The molecule has 0 aliphatic heterocycles. The lowest BCUT2D eigenvalue weighted by atomic mass is 10.3. The van der Waals surface area contributed by atoms with Crippen LogP contribution in [0.3, 0.4) is 0 Å². The van der Waals surface area contributed by atoms with Crippen molar-refractivity contribution in [2.75, 3.05) is 6.61 Å². The molecule has 9 heteroatoms. The molecule has 0 saturated heterocycles. The van der Waals surface area contributed by atoms with Crippen LogP contribution in [0, 0.1) is 0 Å². The Morgan fingerprint density at radius 1 is 1.18 bits per heavy atom. The Labute approximate surface area is 160 Å². The second-order valence-electron chi connectivity index (χ2n) is 6.42. The van der Waals surface area contributed by atoms with E-state index < -0.39 is 23.3 Å². The number of benzene rings is 1. The van der Waals surface area contributed by atoms with E-state index in [4.69, 9.17) is 9.47 Å². The van der Waals surface area contributed by atoms with E-state index in [-0.39, 0.29) is 13.2 Å². The number of esters is 1. The summed E-state index contributed by atoms with van der Waals surface area (Å²) in [5.41, 5.74) is -0.176. The molecular formula is C19H22N4O5. The van der Waals surface area contributed by atoms with Crippen molar-refractivity contribution in [3.05, 3.63) is 57.5 Å². The highest BCUT2D eigenvalue weighted by Crippen LogP contribution is 2.11. The van der Waals surface area contributed by atoms with Crippen LogP contribution >= 0.6 is 0 Å². The highest BCUT2D eigenvalue weighted by atomic mass is 16.6.